The largest absolute Gasteiger partial charge is 0.366 e. The Labute approximate surface area is 177 Å². The summed E-state index contributed by atoms with van der Waals surface area (Å²) in [4.78, 5) is 22.9. The molecule has 5 rings (SSSR count). The number of fused-ring (bicyclic) bond motifs is 1. The summed E-state index contributed by atoms with van der Waals surface area (Å²) in [5.41, 5.74) is 3.31. The molecule has 1 N–H and O–H groups in total. The molecule has 1 aliphatic carbocycles. The van der Waals surface area contributed by atoms with Crippen molar-refractivity contribution in [1.29, 1.82) is 0 Å². The fourth-order valence-corrected chi connectivity index (χ4v) is 4.92. The fourth-order valence-electron chi connectivity index (χ4n) is 4.92. The molecule has 1 saturated heterocycles. The number of carbonyl (C=O) groups excluding carboxylic acids is 1. The van der Waals surface area contributed by atoms with E-state index >= 15 is 0 Å². The molecule has 1 aromatic carbocycles. The average Bonchev–Trinajstić information content (AvgIpc) is 3.11. The number of likely N-dealkylation sites (tertiary alicyclic amines) is 1. The van der Waals surface area contributed by atoms with Crippen molar-refractivity contribution in [3.63, 3.8) is 0 Å². The van der Waals surface area contributed by atoms with Crippen molar-refractivity contribution in [2.75, 3.05) is 18.0 Å². The summed E-state index contributed by atoms with van der Waals surface area (Å²) in [6.07, 6.45) is 0. The molecule has 7 nitrogen and oxygen atoms in total. The first-order valence-corrected chi connectivity index (χ1v) is 10.7. The summed E-state index contributed by atoms with van der Waals surface area (Å²) in [5, 5.41) is 11.7. The molecule has 0 bridgehead atoms. The van der Waals surface area contributed by atoms with Gasteiger partial charge in [-0.25, -0.2) is 0 Å². The second-order valence-electron chi connectivity index (χ2n) is 9.59. The summed E-state index contributed by atoms with van der Waals surface area (Å²) in [6, 6.07) is 10.3. The Morgan fingerprint density at radius 1 is 1.23 bits per heavy atom. The number of oxime groups is 1. The number of amides is 1. The molecule has 3 aliphatic rings. The van der Waals surface area contributed by atoms with E-state index in [0.717, 1.165) is 30.3 Å². The van der Waals surface area contributed by atoms with E-state index in [1.165, 1.54) is 5.56 Å². The number of aromatic amines is 1. The summed E-state index contributed by atoms with van der Waals surface area (Å²) in [6.45, 7) is 11.9. The number of nitrogens with zero attached hydrogens (tertiary/aromatic N) is 4. The summed E-state index contributed by atoms with van der Waals surface area (Å²) < 4.78 is 0. The standard InChI is InChI=1S/C23H29N5O2/c1-13(2)18-10-19(25-24-18)22(29)27-11-16-17(12-27)20(16)21-26-30-23(4,5)28(21)15-8-6-7-14(3)9-15/h6-10,13,16-17,20H,11-12H2,1-5H3,(H,24,25)/t16-,17+,20?. The van der Waals surface area contributed by atoms with Crippen LogP contribution in [0.2, 0.25) is 0 Å². The molecule has 2 aromatic rings. The maximum Gasteiger partial charge on any atom is 0.274 e. The van der Waals surface area contributed by atoms with E-state index in [1.807, 2.05) is 24.8 Å². The highest BCUT2D eigenvalue weighted by molar-refractivity contribution is 6.03. The van der Waals surface area contributed by atoms with Crippen molar-refractivity contribution < 1.29 is 9.63 Å². The third-order valence-electron chi connectivity index (χ3n) is 6.61. The van der Waals surface area contributed by atoms with E-state index < -0.39 is 5.72 Å². The highest BCUT2D eigenvalue weighted by Crippen LogP contribution is 2.55. The Morgan fingerprint density at radius 2 is 1.97 bits per heavy atom. The number of anilines is 1. The molecule has 158 valence electrons. The predicted octanol–water partition coefficient (Wildman–Crippen LogP) is 3.75. The van der Waals surface area contributed by atoms with E-state index in [9.17, 15) is 4.79 Å². The molecular formula is C23H29N5O2. The van der Waals surface area contributed by atoms with Crippen molar-refractivity contribution in [3.8, 4) is 0 Å². The molecule has 2 aliphatic heterocycles. The lowest BCUT2D eigenvalue weighted by molar-refractivity contribution is 0.0138. The minimum absolute atomic E-state index is 0.0181. The van der Waals surface area contributed by atoms with Crippen molar-refractivity contribution in [1.82, 2.24) is 15.1 Å². The van der Waals surface area contributed by atoms with Gasteiger partial charge in [-0.2, -0.15) is 5.10 Å². The Balaban J connectivity index is 1.30. The van der Waals surface area contributed by atoms with Crippen LogP contribution in [0.5, 0.6) is 0 Å². The molecule has 0 radical (unpaired) electrons. The number of piperidine rings is 1. The molecule has 3 atom stereocenters. The lowest BCUT2D eigenvalue weighted by atomic mass is 10.1. The van der Waals surface area contributed by atoms with E-state index in [0.29, 0.717) is 29.4 Å². The van der Waals surface area contributed by atoms with Crippen LogP contribution in [0.1, 0.15) is 55.4 Å². The second-order valence-corrected chi connectivity index (χ2v) is 9.59. The summed E-state index contributed by atoms with van der Waals surface area (Å²) in [5.74, 6) is 2.54. The van der Waals surface area contributed by atoms with Gasteiger partial charge in [-0.1, -0.05) is 31.1 Å². The first-order valence-electron chi connectivity index (χ1n) is 10.7. The lowest BCUT2D eigenvalue weighted by Gasteiger charge is -2.32. The van der Waals surface area contributed by atoms with Gasteiger partial charge in [0, 0.05) is 30.4 Å². The van der Waals surface area contributed by atoms with Crippen molar-refractivity contribution in [3.05, 3.63) is 47.3 Å². The highest BCUT2D eigenvalue weighted by Gasteiger charge is 2.62. The molecule has 2 fully saturated rings. The monoisotopic (exact) mass is 407 g/mol. The summed E-state index contributed by atoms with van der Waals surface area (Å²) >= 11 is 0. The number of benzene rings is 1. The van der Waals surface area contributed by atoms with Crippen LogP contribution < -0.4 is 4.90 Å². The predicted molar refractivity (Wildman–Crippen MR) is 115 cm³/mol. The van der Waals surface area contributed by atoms with Crippen LogP contribution >= 0.6 is 0 Å². The SMILES string of the molecule is Cc1cccc(N2C(C3[C@H]4CN(C(=O)c5cc(C(C)C)[nH]n5)C[C@@H]34)=NOC2(C)C)c1. The highest BCUT2D eigenvalue weighted by atomic mass is 16.7. The number of amidine groups is 1. The summed E-state index contributed by atoms with van der Waals surface area (Å²) in [7, 11) is 0. The minimum atomic E-state index is -0.516. The fraction of sp³-hybridized carbons (Fsp3) is 0.522. The molecule has 1 aromatic heterocycles. The first kappa shape index (κ1) is 19.2. The van der Waals surface area contributed by atoms with E-state index in [1.54, 1.807) is 0 Å². The number of hydrogen-bond acceptors (Lipinski definition) is 5. The van der Waals surface area contributed by atoms with Gasteiger partial charge in [-0.15, -0.1) is 0 Å². The van der Waals surface area contributed by atoms with Crippen LogP contribution in [0.3, 0.4) is 0 Å². The Kier molecular flexibility index (Phi) is 4.21. The van der Waals surface area contributed by atoms with Crippen LogP contribution in [0.25, 0.3) is 0 Å². The molecule has 1 saturated carbocycles. The Morgan fingerprint density at radius 3 is 2.60 bits per heavy atom. The number of aryl methyl sites for hydroxylation is 1. The van der Waals surface area contributed by atoms with Crippen LogP contribution in [0.15, 0.2) is 35.5 Å². The van der Waals surface area contributed by atoms with Gasteiger partial charge in [0.2, 0.25) is 5.72 Å². The molecule has 1 unspecified atom stereocenters. The molecule has 7 heteroatoms. The molecule has 30 heavy (non-hydrogen) atoms. The lowest BCUT2D eigenvalue weighted by Crippen LogP contribution is -2.46. The number of carbonyl (C=O) groups is 1. The quantitative estimate of drug-likeness (QED) is 0.838. The van der Waals surface area contributed by atoms with Crippen molar-refractivity contribution in [2.45, 2.75) is 46.3 Å². The third-order valence-corrected chi connectivity index (χ3v) is 6.61. The van der Waals surface area contributed by atoms with Gasteiger partial charge < -0.3 is 9.74 Å². The number of hydrogen-bond donors (Lipinski definition) is 1. The van der Waals surface area contributed by atoms with Crippen LogP contribution in [-0.2, 0) is 4.84 Å². The number of nitrogens with one attached hydrogen (secondary N) is 1. The zero-order valence-electron chi connectivity index (χ0n) is 18.2. The zero-order valence-corrected chi connectivity index (χ0v) is 18.2. The van der Waals surface area contributed by atoms with Crippen LogP contribution in [-0.4, -0.2) is 45.7 Å². The van der Waals surface area contributed by atoms with Crippen molar-refractivity contribution >= 4 is 17.4 Å². The van der Waals surface area contributed by atoms with Gasteiger partial charge in [0.1, 0.15) is 5.69 Å². The molecule has 3 heterocycles. The topological polar surface area (TPSA) is 73.8 Å². The van der Waals surface area contributed by atoms with E-state index in [4.69, 9.17) is 4.84 Å². The molecular weight excluding hydrogens is 378 g/mol. The number of aromatic nitrogens is 2. The third kappa shape index (κ3) is 2.99. The average molecular weight is 408 g/mol. The minimum Gasteiger partial charge on any atom is -0.366 e. The van der Waals surface area contributed by atoms with Crippen molar-refractivity contribution in [2.24, 2.45) is 22.9 Å². The molecule has 0 spiro atoms. The van der Waals surface area contributed by atoms with Crippen LogP contribution in [0.4, 0.5) is 5.69 Å². The maximum absolute atomic E-state index is 12.9. The number of H-pyrrole nitrogens is 1. The normalized spacial score (nSPS) is 26.6. The van der Waals surface area contributed by atoms with Gasteiger partial charge in [0.15, 0.2) is 5.84 Å². The van der Waals surface area contributed by atoms with Gasteiger partial charge in [0.25, 0.3) is 5.91 Å². The molecule has 1 amide bonds. The second kappa shape index (κ2) is 6.59. The van der Waals surface area contributed by atoms with Gasteiger partial charge >= 0.3 is 0 Å². The Bertz CT molecular complexity index is 1010. The van der Waals surface area contributed by atoms with E-state index in [2.05, 4.69) is 65.3 Å². The van der Waals surface area contributed by atoms with Gasteiger partial charge in [0.05, 0.1) is 0 Å². The van der Waals surface area contributed by atoms with Gasteiger partial charge in [-0.3, -0.25) is 14.8 Å². The first-order chi connectivity index (χ1) is 14.3. The van der Waals surface area contributed by atoms with E-state index in [-0.39, 0.29) is 5.91 Å². The smallest absolute Gasteiger partial charge is 0.274 e. The number of rotatable bonds is 4. The maximum atomic E-state index is 12.9. The van der Waals surface area contributed by atoms with Gasteiger partial charge in [-0.05, 0) is 62.3 Å². The zero-order chi connectivity index (χ0) is 21.2. The van der Waals surface area contributed by atoms with Crippen LogP contribution in [0, 0.1) is 24.7 Å². The Hall–Kier alpha value is -2.83.